The van der Waals surface area contributed by atoms with Gasteiger partial charge in [-0.25, -0.2) is 0 Å². The smallest absolute Gasteiger partial charge is 0.306 e. The topological polar surface area (TPSA) is 171 Å². The zero-order valence-corrected chi connectivity index (χ0v) is 12.7. The number of nitrogens with two attached hydrogens (primary N) is 1. The summed E-state index contributed by atoms with van der Waals surface area (Å²) in [4.78, 5) is 24.8. The molecule has 7 N–H and O–H groups in total. The van der Waals surface area contributed by atoms with Crippen LogP contribution in [0.15, 0.2) is 17.1 Å². The molecule has 0 aromatic carbocycles. The van der Waals surface area contributed by atoms with E-state index < -0.39 is 54.6 Å². The number of carboxylic acids is 1. The van der Waals surface area contributed by atoms with E-state index in [0.29, 0.717) is 0 Å². The lowest BCUT2D eigenvalue weighted by molar-refractivity contribution is -0.199. The molecule has 128 valence electrons. The highest BCUT2D eigenvalue weighted by atomic mass is 32.1. The second-order valence-corrected chi connectivity index (χ2v) is 5.63. The number of aliphatic hydroxyl groups is 3. The van der Waals surface area contributed by atoms with Gasteiger partial charge in [-0.2, -0.15) is 0 Å². The number of hydrogen-bond acceptors (Lipinski definition) is 8. The van der Waals surface area contributed by atoms with Gasteiger partial charge >= 0.3 is 5.97 Å². The van der Waals surface area contributed by atoms with Crippen molar-refractivity contribution in [2.75, 3.05) is 13.2 Å². The summed E-state index contributed by atoms with van der Waals surface area (Å²) < 4.78 is 6.41. The predicted octanol–water partition coefficient (Wildman–Crippen LogP) is -2.52. The second-order valence-electron chi connectivity index (χ2n) is 5.25. The van der Waals surface area contributed by atoms with Gasteiger partial charge in [0.05, 0.1) is 13.0 Å². The number of H-pyrrole nitrogens is 1. The molecule has 4 atom stereocenters. The molecule has 11 heteroatoms. The van der Waals surface area contributed by atoms with Crippen molar-refractivity contribution in [2.45, 2.75) is 30.0 Å². The van der Waals surface area contributed by atoms with Crippen LogP contribution in [0.5, 0.6) is 0 Å². The van der Waals surface area contributed by atoms with Crippen molar-refractivity contribution in [2.24, 2.45) is 5.73 Å². The average Bonchev–Trinajstić information content (AvgIpc) is 2.68. The Bertz CT molecular complexity index is 719. The van der Waals surface area contributed by atoms with E-state index in [2.05, 4.69) is 4.98 Å². The number of nitrogens with zero attached hydrogens (tertiary/aromatic N) is 1. The van der Waals surface area contributed by atoms with Crippen LogP contribution >= 0.6 is 12.2 Å². The van der Waals surface area contributed by atoms with Crippen LogP contribution in [0.3, 0.4) is 0 Å². The van der Waals surface area contributed by atoms with Crippen LogP contribution < -0.4 is 11.3 Å². The van der Waals surface area contributed by atoms with Crippen molar-refractivity contribution >= 4 is 18.2 Å². The molecule has 0 amide bonds. The Morgan fingerprint density at radius 1 is 1.57 bits per heavy atom. The van der Waals surface area contributed by atoms with Crippen molar-refractivity contribution in [1.29, 1.82) is 0 Å². The van der Waals surface area contributed by atoms with Gasteiger partial charge in [-0.3, -0.25) is 19.1 Å². The monoisotopic (exact) mass is 347 g/mol. The van der Waals surface area contributed by atoms with Crippen LogP contribution in [0.4, 0.5) is 0 Å². The average molecular weight is 347 g/mol. The molecule has 2 heterocycles. The number of nitrogens with one attached hydrogen (secondary N) is 1. The first-order valence-electron chi connectivity index (χ1n) is 6.65. The molecular weight excluding hydrogens is 330 g/mol. The number of hydrogen-bond donors (Lipinski definition) is 6. The van der Waals surface area contributed by atoms with Crippen molar-refractivity contribution in [3.8, 4) is 0 Å². The third-order valence-electron chi connectivity index (χ3n) is 3.95. The van der Waals surface area contributed by atoms with Crippen LogP contribution in [0.2, 0.25) is 0 Å². The van der Waals surface area contributed by atoms with Gasteiger partial charge in [-0.05, 0) is 12.2 Å². The fourth-order valence-electron chi connectivity index (χ4n) is 2.86. The largest absolute Gasteiger partial charge is 0.481 e. The number of aromatic nitrogens is 2. The first kappa shape index (κ1) is 17.7. The fraction of sp³-hybridized carbons (Fsp3) is 0.583. The standard InChI is InChI=1S/C12H17N3O7S/c13-5-12(15-2-1-7(17)14-10(15)23)11(21,3-8(18)19)9(20)6(4-16)22-12/h1-2,6,9,16,20-21H,3-5,13H2,(H,18,19)(H,14,17,23)/t6-,9-,11-,12-/m1/s1. The van der Waals surface area contributed by atoms with Gasteiger partial charge in [0.2, 0.25) is 0 Å². The van der Waals surface area contributed by atoms with E-state index in [1.807, 2.05) is 0 Å². The summed E-state index contributed by atoms with van der Waals surface area (Å²) in [5.41, 5.74) is 0.842. The van der Waals surface area contributed by atoms with Crippen molar-refractivity contribution < 1.29 is 30.0 Å². The third-order valence-corrected chi connectivity index (χ3v) is 4.25. The van der Waals surface area contributed by atoms with Gasteiger partial charge in [0.25, 0.3) is 5.56 Å². The Morgan fingerprint density at radius 3 is 2.70 bits per heavy atom. The minimum Gasteiger partial charge on any atom is -0.481 e. The molecule has 1 fully saturated rings. The van der Waals surface area contributed by atoms with Crippen LogP contribution in [-0.2, 0) is 15.3 Å². The van der Waals surface area contributed by atoms with Crippen LogP contribution in [0, 0.1) is 4.77 Å². The van der Waals surface area contributed by atoms with E-state index in [0.717, 1.165) is 10.6 Å². The van der Waals surface area contributed by atoms with Crippen LogP contribution in [-0.4, -0.2) is 66.9 Å². The maximum absolute atomic E-state index is 11.3. The first-order chi connectivity index (χ1) is 10.7. The molecule has 1 aliphatic heterocycles. The highest BCUT2D eigenvalue weighted by molar-refractivity contribution is 7.71. The Morgan fingerprint density at radius 2 is 2.22 bits per heavy atom. The van der Waals surface area contributed by atoms with E-state index >= 15 is 0 Å². The highest BCUT2D eigenvalue weighted by Crippen LogP contribution is 2.45. The molecule has 1 aromatic rings. The lowest BCUT2D eigenvalue weighted by Crippen LogP contribution is -2.62. The molecule has 2 rings (SSSR count). The second kappa shape index (κ2) is 6.11. The summed E-state index contributed by atoms with van der Waals surface area (Å²) in [5.74, 6) is -1.41. The Labute approximate surface area is 134 Å². The van der Waals surface area contributed by atoms with E-state index in [-0.39, 0.29) is 4.77 Å². The lowest BCUT2D eigenvalue weighted by Gasteiger charge is -2.41. The molecule has 1 aromatic heterocycles. The highest BCUT2D eigenvalue weighted by Gasteiger charge is 2.66. The Hall–Kier alpha value is -1.63. The number of ether oxygens (including phenoxy) is 1. The normalized spacial score (nSPS) is 33.7. The predicted molar refractivity (Wildman–Crippen MR) is 78.1 cm³/mol. The van der Waals surface area contributed by atoms with E-state index in [1.54, 1.807) is 0 Å². The Balaban J connectivity index is 2.71. The van der Waals surface area contributed by atoms with Gasteiger partial charge in [0.15, 0.2) is 16.1 Å². The molecule has 0 spiro atoms. The minimum absolute atomic E-state index is 0.183. The molecule has 1 aliphatic rings. The quantitative estimate of drug-likeness (QED) is 0.314. The van der Waals surface area contributed by atoms with Gasteiger partial charge in [-0.15, -0.1) is 0 Å². The van der Waals surface area contributed by atoms with Gasteiger partial charge < -0.3 is 30.9 Å². The number of rotatable bonds is 5. The molecule has 0 saturated carbocycles. The Kier molecular flexibility index (Phi) is 4.71. The van der Waals surface area contributed by atoms with Crippen LogP contribution in [0.25, 0.3) is 0 Å². The number of carbonyl (C=O) groups is 1. The summed E-state index contributed by atoms with van der Waals surface area (Å²) in [6.07, 6.45) is -2.76. The number of aromatic amines is 1. The molecule has 0 bridgehead atoms. The summed E-state index contributed by atoms with van der Waals surface area (Å²) >= 11 is 5.01. The third kappa shape index (κ3) is 2.60. The molecule has 0 unspecified atom stereocenters. The van der Waals surface area contributed by atoms with E-state index in [1.165, 1.54) is 6.20 Å². The van der Waals surface area contributed by atoms with Crippen molar-refractivity contribution in [3.05, 3.63) is 27.4 Å². The van der Waals surface area contributed by atoms with Crippen molar-refractivity contribution in [1.82, 2.24) is 9.55 Å². The summed E-state index contributed by atoms with van der Waals surface area (Å²) in [6.45, 7) is -1.15. The molecule has 23 heavy (non-hydrogen) atoms. The molecule has 10 nitrogen and oxygen atoms in total. The van der Waals surface area contributed by atoms with E-state index in [4.69, 9.17) is 27.8 Å². The van der Waals surface area contributed by atoms with Gasteiger partial charge in [0.1, 0.15) is 12.2 Å². The lowest BCUT2D eigenvalue weighted by atomic mass is 9.82. The zero-order chi connectivity index (χ0) is 17.4. The first-order valence-corrected chi connectivity index (χ1v) is 7.06. The SMILES string of the molecule is NC[C@@]1(n2ccc(=O)[nH]c2=S)O[C@H](CO)[C@@H](O)[C@]1(O)CC(=O)O. The zero-order valence-electron chi connectivity index (χ0n) is 11.9. The molecule has 0 radical (unpaired) electrons. The number of carboxylic acid groups (broad SMARTS) is 1. The maximum Gasteiger partial charge on any atom is 0.306 e. The fourth-order valence-corrected chi connectivity index (χ4v) is 3.16. The summed E-state index contributed by atoms with van der Waals surface area (Å²) in [5, 5.41) is 39.5. The van der Waals surface area contributed by atoms with Crippen molar-refractivity contribution in [3.63, 3.8) is 0 Å². The number of aliphatic hydroxyl groups excluding tert-OH is 2. The minimum atomic E-state index is -2.38. The molecular formula is C12H17N3O7S. The molecule has 0 aliphatic carbocycles. The summed E-state index contributed by atoms with van der Waals surface area (Å²) in [7, 11) is 0. The molecule has 1 saturated heterocycles. The van der Waals surface area contributed by atoms with E-state index in [9.17, 15) is 24.9 Å². The number of aliphatic carboxylic acids is 1. The summed E-state index contributed by atoms with van der Waals surface area (Å²) in [6, 6.07) is 1.08. The van der Waals surface area contributed by atoms with Gasteiger partial charge in [0, 0.05) is 18.8 Å². The maximum atomic E-state index is 11.3. The van der Waals surface area contributed by atoms with Crippen LogP contribution in [0.1, 0.15) is 6.42 Å². The van der Waals surface area contributed by atoms with Gasteiger partial charge in [-0.1, -0.05) is 0 Å².